The normalized spacial score (nSPS) is 22.7. The summed E-state index contributed by atoms with van der Waals surface area (Å²) >= 11 is 0. The van der Waals surface area contributed by atoms with Crippen molar-refractivity contribution in [1.82, 2.24) is 15.1 Å². The Labute approximate surface area is 71.5 Å². The smallest absolute Gasteiger partial charge is 0.112 e. The van der Waals surface area contributed by atoms with E-state index >= 15 is 0 Å². The van der Waals surface area contributed by atoms with Gasteiger partial charge in [0.2, 0.25) is 0 Å². The molecule has 0 amide bonds. The Morgan fingerprint density at radius 1 is 1.83 bits per heavy atom. The Bertz CT molecular complexity index is 230. The second kappa shape index (κ2) is 3.25. The summed E-state index contributed by atoms with van der Waals surface area (Å²) in [7, 11) is 2.06. The van der Waals surface area contributed by atoms with Crippen molar-refractivity contribution in [3.8, 4) is 0 Å². The molecule has 4 heteroatoms. The molecule has 1 N–H and O–H groups in total. The van der Waals surface area contributed by atoms with Crippen LogP contribution in [-0.2, 0) is 11.3 Å². The molecule has 1 aliphatic rings. The molecule has 2 heterocycles. The quantitative estimate of drug-likeness (QED) is 0.716. The van der Waals surface area contributed by atoms with E-state index in [9.17, 15) is 0 Å². The lowest BCUT2D eigenvalue weighted by atomic mass is 10.2. The number of H-pyrrole nitrogens is 1. The maximum atomic E-state index is 5.33. The van der Waals surface area contributed by atoms with E-state index in [2.05, 4.69) is 22.1 Å². The van der Waals surface area contributed by atoms with Gasteiger partial charge < -0.3 is 4.74 Å². The Morgan fingerprint density at radius 2 is 2.67 bits per heavy atom. The summed E-state index contributed by atoms with van der Waals surface area (Å²) in [5.74, 6) is 0. The summed E-state index contributed by atoms with van der Waals surface area (Å²) in [4.78, 5) is 2.18. The first-order chi connectivity index (χ1) is 5.86. The highest BCUT2D eigenvalue weighted by molar-refractivity contribution is 4.97. The van der Waals surface area contributed by atoms with Crippen LogP contribution in [0.2, 0.25) is 0 Å². The zero-order valence-electron chi connectivity index (χ0n) is 7.16. The highest BCUT2D eigenvalue weighted by Crippen LogP contribution is 2.15. The van der Waals surface area contributed by atoms with Crippen molar-refractivity contribution < 1.29 is 4.74 Å². The minimum Gasteiger partial charge on any atom is -0.363 e. The van der Waals surface area contributed by atoms with Crippen molar-refractivity contribution in [2.45, 2.75) is 19.2 Å². The van der Waals surface area contributed by atoms with Crippen LogP contribution >= 0.6 is 0 Å². The van der Waals surface area contributed by atoms with Crippen molar-refractivity contribution in [2.75, 3.05) is 13.7 Å². The van der Waals surface area contributed by atoms with Gasteiger partial charge in [-0.3, -0.25) is 10.00 Å². The van der Waals surface area contributed by atoms with E-state index in [1.54, 1.807) is 6.20 Å². The first kappa shape index (κ1) is 7.76. The molecule has 1 atom stereocenters. The second-order valence-corrected chi connectivity index (χ2v) is 3.11. The van der Waals surface area contributed by atoms with E-state index in [-0.39, 0.29) is 0 Å². The molecule has 2 rings (SSSR count). The van der Waals surface area contributed by atoms with Gasteiger partial charge in [-0.2, -0.15) is 5.10 Å². The van der Waals surface area contributed by atoms with Crippen LogP contribution in [0.1, 0.15) is 12.1 Å². The first-order valence-electron chi connectivity index (χ1n) is 4.16. The molecule has 0 saturated carbocycles. The Hall–Kier alpha value is -0.870. The van der Waals surface area contributed by atoms with E-state index in [0.717, 1.165) is 25.3 Å². The largest absolute Gasteiger partial charge is 0.363 e. The average molecular weight is 167 g/mol. The van der Waals surface area contributed by atoms with Gasteiger partial charge in [0.05, 0.1) is 6.61 Å². The van der Waals surface area contributed by atoms with Gasteiger partial charge in [0.15, 0.2) is 0 Å². The Kier molecular flexibility index (Phi) is 2.10. The van der Waals surface area contributed by atoms with Crippen LogP contribution in [-0.4, -0.2) is 35.0 Å². The zero-order valence-corrected chi connectivity index (χ0v) is 7.16. The molecule has 1 aromatic rings. The molecule has 1 aliphatic heterocycles. The van der Waals surface area contributed by atoms with E-state index in [1.807, 2.05) is 6.07 Å². The van der Waals surface area contributed by atoms with E-state index in [0.29, 0.717) is 6.23 Å². The van der Waals surface area contributed by atoms with Crippen LogP contribution < -0.4 is 0 Å². The molecular weight excluding hydrogens is 154 g/mol. The fraction of sp³-hybridized carbons (Fsp3) is 0.625. The molecule has 1 saturated heterocycles. The van der Waals surface area contributed by atoms with Gasteiger partial charge in [-0.05, 0) is 13.1 Å². The van der Waals surface area contributed by atoms with Gasteiger partial charge >= 0.3 is 0 Å². The molecule has 0 aromatic carbocycles. The third-order valence-corrected chi connectivity index (χ3v) is 2.14. The molecule has 1 aromatic heterocycles. The number of rotatable bonds is 3. The number of ether oxygens (including phenoxy) is 1. The monoisotopic (exact) mass is 167 g/mol. The number of aromatic nitrogens is 2. The van der Waals surface area contributed by atoms with Crippen LogP contribution in [0.15, 0.2) is 12.3 Å². The van der Waals surface area contributed by atoms with Crippen LogP contribution in [0.4, 0.5) is 0 Å². The number of aromatic amines is 1. The first-order valence-corrected chi connectivity index (χ1v) is 4.16. The van der Waals surface area contributed by atoms with Crippen molar-refractivity contribution in [3.05, 3.63) is 18.0 Å². The van der Waals surface area contributed by atoms with E-state index in [4.69, 9.17) is 4.74 Å². The lowest BCUT2D eigenvalue weighted by molar-refractivity contribution is -0.138. The highest BCUT2D eigenvalue weighted by Gasteiger charge is 2.22. The molecule has 1 fully saturated rings. The highest BCUT2D eigenvalue weighted by atomic mass is 16.5. The lowest BCUT2D eigenvalue weighted by Crippen LogP contribution is -2.41. The third kappa shape index (κ3) is 1.49. The van der Waals surface area contributed by atoms with Crippen molar-refractivity contribution >= 4 is 0 Å². The fourth-order valence-electron chi connectivity index (χ4n) is 1.31. The summed E-state index contributed by atoms with van der Waals surface area (Å²) in [6.07, 6.45) is 3.23. The molecule has 0 spiro atoms. The van der Waals surface area contributed by atoms with Crippen LogP contribution in [0, 0.1) is 0 Å². The maximum Gasteiger partial charge on any atom is 0.112 e. The van der Waals surface area contributed by atoms with Crippen LogP contribution in [0.3, 0.4) is 0 Å². The van der Waals surface area contributed by atoms with Crippen molar-refractivity contribution in [2.24, 2.45) is 0 Å². The third-order valence-electron chi connectivity index (χ3n) is 2.14. The fourth-order valence-corrected chi connectivity index (χ4v) is 1.31. The molecule has 0 aliphatic carbocycles. The van der Waals surface area contributed by atoms with Crippen LogP contribution in [0.25, 0.3) is 0 Å². The van der Waals surface area contributed by atoms with Gasteiger partial charge in [0.1, 0.15) is 6.23 Å². The maximum absolute atomic E-state index is 5.33. The second-order valence-electron chi connectivity index (χ2n) is 3.11. The number of hydrogen-bond acceptors (Lipinski definition) is 3. The van der Waals surface area contributed by atoms with Gasteiger partial charge in [-0.25, -0.2) is 0 Å². The molecule has 4 nitrogen and oxygen atoms in total. The molecule has 66 valence electrons. The number of nitrogens with one attached hydrogen (secondary N) is 1. The zero-order chi connectivity index (χ0) is 8.39. The standard InChI is InChI=1S/C8H13N3O/c1-11(8-3-5-12-8)6-7-2-4-9-10-7/h2,4,8H,3,5-6H2,1H3,(H,9,10). The number of nitrogens with zero attached hydrogens (tertiary/aromatic N) is 2. The number of hydrogen-bond donors (Lipinski definition) is 1. The summed E-state index contributed by atoms with van der Waals surface area (Å²) in [5, 5.41) is 6.81. The predicted octanol–water partition coefficient (Wildman–Crippen LogP) is 0.588. The topological polar surface area (TPSA) is 41.2 Å². The SMILES string of the molecule is CN(Cc1ccn[nH]1)C1CCO1. The Balaban J connectivity index is 1.86. The molecule has 0 bridgehead atoms. The van der Waals surface area contributed by atoms with E-state index < -0.39 is 0 Å². The van der Waals surface area contributed by atoms with Gasteiger partial charge in [-0.15, -0.1) is 0 Å². The van der Waals surface area contributed by atoms with Gasteiger partial charge in [0, 0.05) is 24.9 Å². The van der Waals surface area contributed by atoms with Gasteiger partial charge in [0.25, 0.3) is 0 Å². The van der Waals surface area contributed by atoms with Crippen LogP contribution in [0.5, 0.6) is 0 Å². The summed E-state index contributed by atoms with van der Waals surface area (Å²) in [6.45, 7) is 1.78. The average Bonchev–Trinajstić information content (AvgIpc) is 2.34. The molecule has 12 heavy (non-hydrogen) atoms. The summed E-state index contributed by atoms with van der Waals surface area (Å²) in [5.41, 5.74) is 1.13. The molecular formula is C8H13N3O. The summed E-state index contributed by atoms with van der Waals surface area (Å²) < 4.78 is 5.33. The van der Waals surface area contributed by atoms with E-state index in [1.165, 1.54) is 0 Å². The minimum absolute atomic E-state index is 0.313. The summed E-state index contributed by atoms with van der Waals surface area (Å²) in [6, 6.07) is 1.98. The predicted molar refractivity (Wildman–Crippen MR) is 44.4 cm³/mol. The molecule has 1 unspecified atom stereocenters. The molecule has 0 radical (unpaired) electrons. The minimum atomic E-state index is 0.313. The lowest BCUT2D eigenvalue weighted by Gasteiger charge is -2.34. The Morgan fingerprint density at radius 3 is 3.17 bits per heavy atom. The van der Waals surface area contributed by atoms with Crippen molar-refractivity contribution in [3.63, 3.8) is 0 Å². The van der Waals surface area contributed by atoms with Crippen molar-refractivity contribution in [1.29, 1.82) is 0 Å². The van der Waals surface area contributed by atoms with Gasteiger partial charge in [-0.1, -0.05) is 0 Å².